The lowest BCUT2D eigenvalue weighted by Gasteiger charge is -1.99. The Bertz CT molecular complexity index is 1080. The van der Waals surface area contributed by atoms with E-state index in [4.69, 9.17) is 4.52 Å². The molecule has 2 aromatic carbocycles. The van der Waals surface area contributed by atoms with E-state index in [0.29, 0.717) is 22.8 Å². The summed E-state index contributed by atoms with van der Waals surface area (Å²) in [5.41, 5.74) is 2.03. The Morgan fingerprint density at radius 1 is 1.11 bits per heavy atom. The summed E-state index contributed by atoms with van der Waals surface area (Å²) in [5.74, 6) is -0.595. The van der Waals surface area contributed by atoms with E-state index >= 15 is 0 Å². The number of benzene rings is 2. The summed E-state index contributed by atoms with van der Waals surface area (Å²) < 4.78 is 18.9. The molecule has 0 fully saturated rings. The quantitative estimate of drug-likeness (QED) is 0.542. The largest absolute Gasteiger partial charge is 0.350 e. The third kappa shape index (κ3) is 3.93. The predicted molar refractivity (Wildman–Crippen MR) is 101 cm³/mol. The van der Waals surface area contributed by atoms with E-state index in [-0.39, 0.29) is 11.6 Å². The molecule has 7 heteroatoms. The van der Waals surface area contributed by atoms with Gasteiger partial charge in [-0.2, -0.15) is 0 Å². The highest BCUT2D eigenvalue weighted by molar-refractivity contribution is 7.15. The van der Waals surface area contributed by atoms with E-state index < -0.39 is 5.91 Å². The number of nitrogens with zero attached hydrogens (tertiary/aromatic N) is 2. The molecule has 0 spiro atoms. The molecule has 0 aliphatic carbocycles. The first-order valence-electron chi connectivity index (χ1n) is 8.20. The molecule has 5 nitrogen and oxygen atoms in total. The Morgan fingerprint density at radius 2 is 1.89 bits per heavy atom. The first-order chi connectivity index (χ1) is 13.2. The second-order valence-corrected chi connectivity index (χ2v) is 6.91. The average Bonchev–Trinajstić information content (AvgIpc) is 3.34. The summed E-state index contributed by atoms with van der Waals surface area (Å²) in [6.45, 7) is 0. The van der Waals surface area contributed by atoms with Crippen molar-refractivity contribution in [1.82, 2.24) is 10.1 Å². The van der Waals surface area contributed by atoms with Gasteiger partial charge in [0.25, 0.3) is 5.91 Å². The van der Waals surface area contributed by atoms with E-state index in [9.17, 15) is 9.18 Å². The van der Waals surface area contributed by atoms with Crippen LogP contribution in [0.2, 0.25) is 0 Å². The van der Waals surface area contributed by atoms with Gasteiger partial charge < -0.3 is 4.52 Å². The van der Waals surface area contributed by atoms with Gasteiger partial charge in [-0.3, -0.25) is 10.1 Å². The molecular formula is C20H14FN3O2S. The average molecular weight is 379 g/mol. The van der Waals surface area contributed by atoms with Crippen molar-refractivity contribution in [1.29, 1.82) is 0 Å². The normalized spacial score (nSPS) is 10.7. The molecule has 2 aromatic heterocycles. The molecule has 0 saturated heterocycles. The number of thiazole rings is 1. The summed E-state index contributed by atoms with van der Waals surface area (Å²) in [6.07, 6.45) is 2.04. The van der Waals surface area contributed by atoms with Crippen LogP contribution in [-0.4, -0.2) is 16.0 Å². The highest BCUT2D eigenvalue weighted by Crippen LogP contribution is 2.24. The molecule has 0 saturated carbocycles. The summed E-state index contributed by atoms with van der Waals surface area (Å²) in [5, 5.41) is 7.03. The fourth-order valence-corrected chi connectivity index (χ4v) is 3.39. The topological polar surface area (TPSA) is 68.0 Å². The molecule has 0 aliphatic heterocycles. The fourth-order valence-electron chi connectivity index (χ4n) is 2.56. The maximum atomic E-state index is 13.8. The van der Waals surface area contributed by atoms with Crippen molar-refractivity contribution in [3.8, 4) is 11.3 Å². The number of nitrogens with one attached hydrogen (secondary N) is 1. The number of halogens is 1. The number of carbonyl (C=O) groups excluding carboxylic acids is 1. The molecular weight excluding hydrogens is 365 g/mol. The van der Waals surface area contributed by atoms with Crippen LogP contribution in [0.15, 0.2) is 71.4 Å². The van der Waals surface area contributed by atoms with Crippen LogP contribution < -0.4 is 5.32 Å². The number of hydrogen-bond acceptors (Lipinski definition) is 5. The van der Waals surface area contributed by atoms with Gasteiger partial charge in [0.15, 0.2) is 5.13 Å². The maximum Gasteiger partial charge on any atom is 0.296 e. The lowest BCUT2D eigenvalue weighted by atomic mass is 10.1. The number of hydrogen-bond donors (Lipinski definition) is 1. The zero-order valence-electron chi connectivity index (χ0n) is 14.1. The molecule has 0 aliphatic rings. The molecule has 4 rings (SSSR count). The second kappa shape index (κ2) is 7.51. The predicted octanol–water partition coefficient (Wildman–Crippen LogP) is 4.78. The van der Waals surface area contributed by atoms with Gasteiger partial charge >= 0.3 is 0 Å². The number of aromatic nitrogens is 2. The minimum absolute atomic E-state index is 0.0970. The molecule has 0 atom stereocenters. The van der Waals surface area contributed by atoms with Crippen LogP contribution in [0, 0.1) is 5.82 Å². The highest BCUT2D eigenvalue weighted by atomic mass is 32.1. The van der Waals surface area contributed by atoms with Crippen LogP contribution in [0.3, 0.4) is 0 Å². The second-order valence-electron chi connectivity index (χ2n) is 5.80. The molecule has 1 amide bonds. The van der Waals surface area contributed by atoms with Crippen LogP contribution in [0.5, 0.6) is 0 Å². The zero-order valence-corrected chi connectivity index (χ0v) is 14.9. The van der Waals surface area contributed by atoms with Gasteiger partial charge in [0.05, 0.1) is 0 Å². The maximum absolute atomic E-state index is 13.8. The Kier molecular flexibility index (Phi) is 4.76. The zero-order chi connectivity index (χ0) is 18.6. The van der Waals surface area contributed by atoms with Gasteiger partial charge in [0.2, 0.25) is 5.76 Å². The lowest BCUT2D eigenvalue weighted by Crippen LogP contribution is -2.10. The highest BCUT2D eigenvalue weighted by Gasteiger charge is 2.16. The van der Waals surface area contributed by atoms with Crippen molar-refractivity contribution >= 4 is 22.4 Å². The molecule has 134 valence electrons. The van der Waals surface area contributed by atoms with Crippen LogP contribution in [0.4, 0.5) is 9.52 Å². The van der Waals surface area contributed by atoms with Crippen molar-refractivity contribution in [3.05, 3.63) is 88.9 Å². The first kappa shape index (κ1) is 17.1. The third-order valence-electron chi connectivity index (χ3n) is 3.90. The van der Waals surface area contributed by atoms with E-state index in [1.54, 1.807) is 30.5 Å². The van der Waals surface area contributed by atoms with Gasteiger partial charge in [-0.15, -0.1) is 11.3 Å². The van der Waals surface area contributed by atoms with E-state index in [1.165, 1.54) is 17.4 Å². The van der Waals surface area contributed by atoms with Gasteiger partial charge in [-0.25, -0.2) is 9.37 Å². The van der Waals surface area contributed by atoms with Crippen molar-refractivity contribution in [2.45, 2.75) is 6.42 Å². The van der Waals surface area contributed by atoms with E-state index in [2.05, 4.69) is 15.5 Å². The fraction of sp³-hybridized carbons (Fsp3) is 0.0500. The van der Waals surface area contributed by atoms with Gasteiger partial charge in [0.1, 0.15) is 11.5 Å². The molecule has 0 bridgehead atoms. The monoisotopic (exact) mass is 379 g/mol. The molecule has 2 heterocycles. The lowest BCUT2D eigenvalue weighted by molar-refractivity contribution is 0.0988. The molecule has 4 aromatic rings. The van der Waals surface area contributed by atoms with Gasteiger partial charge in [-0.05, 0) is 11.6 Å². The molecule has 1 N–H and O–H groups in total. The summed E-state index contributed by atoms with van der Waals surface area (Å²) in [7, 11) is 0. The smallest absolute Gasteiger partial charge is 0.296 e. The van der Waals surface area contributed by atoms with Crippen LogP contribution in [0.25, 0.3) is 11.3 Å². The Morgan fingerprint density at radius 3 is 2.70 bits per heavy atom. The minimum Gasteiger partial charge on any atom is -0.350 e. The Hall–Kier alpha value is -3.32. The van der Waals surface area contributed by atoms with Gasteiger partial charge in [0, 0.05) is 29.1 Å². The van der Waals surface area contributed by atoms with Crippen LogP contribution in [-0.2, 0) is 6.42 Å². The minimum atomic E-state index is -0.434. The van der Waals surface area contributed by atoms with Crippen molar-refractivity contribution in [2.75, 3.05) is 5.32 Å². The number of anilines is 1. The third-order valence-corrected chi connectivity index (χ3v) is 4.81. The summed E-state index contributed by atoms with van der Waals surface area (Å²) in [4.78, 5) is 17.4. The van der Waals surface area contributed by atoms with Crippen LogP contribution in [0.1, 0.15) is 21.0 Å². The number of amides is 1. The molecule has 27 heavy (non-hydrogen) atoms. The Labute approximate surface area is 158 Å². The van der Waals surface area contributed by atoms with Crippen molar-refractivity contribution in [3.63, 3.8) is 0 Å². The van der Waals surface area contributed by atoms with Gasteiger partial charge in [-0.1, -0.05) is 53.7 Å². The first-order valence-corrected chi connectivity index (χ1v) is 9.02. The standard InChI is InChI=1S/C20H14FN3O2S/c21-16-9-5-4-8-14(16)10-15-12-22-20(27-15)23-19(25)18-11-17(24-26-18)13-6-2-1-3-7-13/h1-9,11-12H,10H2,(H,22,23,25). The van der Waals surface area contributed by atoms with Crippen molar-refractivity contribution < 1.29 is 13.7 Å². The Balaban J connectivity index is 1.44. The summed E-state index contributed by atoms with van der Waals surface area (Å²) in [6, 6.07) is 17.6. The van der Waals surface area contributed by atoms with E-state index in [0.717, 1.165) is 10.4 Å². The van der Waals surface area contributed by atoms with E-state index in [1.807, 2.05) is 30.3 Å². The SMILES string of the molecule is O=C(Nc1ncc(Cc2ccccc2F)s1)c1cc(-c2ccccc2)no1. The van der Waals surface area contributed by atoms with Crippen molar-refractivity contribution in [2.24, 2.45) is 0 Å². The number of rotatable bonds is 5. The molecule has 0 radical (unpaired) electrons. The molecule has 0 unspecified atom stereocenters. The summed E-state index contributed by atoms with van der Waals surface area (Å²) >= 11 is 1.29. The number of carbonyl (C=O) groups is 1. The van der Waals surface area contributed by atoms with Crippen LogP contribution >= 0.6 is 11.3 Å².